The molecule has 3 N–H and O–H groups in total. The van der Waals surface area contributed by atoms with Gasteiger partial charge in [-0.2, -0.15) is 0 Å². The van der Waals surface area contributed by atoms with E-state index in [9.17, 15) is 14.0 Å². The van der Waals surface area contributed by atoms with Gasteiger partial charge in [0.15, 0.2) is 0 Å². The molecule has 2 amide bonds. The highest BCUT2D eigenvalue weighted by Gasteiger charge is 2.62. The number of hydrogen-bond donors (Lipinski definition) is 2. The van der Waals surface area contributed by atoms with Gasteiger partial charge < -0.3 is 5.73 Å². The fraction of sp³-hybridized carbons (Fsp3) is 0.471. The molecule has 0 aromatic heterocycles. The molecule has 3 aliphatic heterocycles. The van der Waals surface area contributed by atoms with Gasteiger partial charge in [-0.3, -0.25) is 24.8 Å². The second-order valence-electron chi connectivity index (χ2n) is 6.83. The van der Waals surface area contributed by atoms with Crippen molar-refractivity contribution in [2.24, 2.45) is 17.6 Å². The van der Waals surface area contributed by atoms with Crippen LogP contribution in [0.25, 0.3) is 0 Å². The third-order valence-electron chi connectivity index (χ3n) is 5.70. The summed E-state index contributed by atoms with van der Waals surface area (Å²) in [6.07, 6.45) is 1.81. The van der Waals surface area contributed by atoms with Crippen LogP contribution in [0.4, 0.5) is 4.39 Å². The Morgan fingerprint density at radius 1 is 1.29 bits per heavy atom. The number of nitrogens with one attached hydrogen (secondary N) is 1. The number of carbonyl (C=O) groups excluding carboxylic acids is 2. The molecule has 0 radical (unpaired) electrons. The number of nitrogens with two attached hydrogens (primary N) is 1. The van der Waals surface area contributed by atoms with E-state index in [1.54, 1.807) is 12.1 Å². The minimum Gasteiger partial charge on any atom is -0.384 e. The van der Waals surface area contributed by atoms with Crippen molar-refractivity contribution in [2.75, 3.05) is 13.6 Å². The number of carbonyl (C=O) groups is 2. The van der Waals surface area contributed by atoms with Crippen LogP contribution in [0.1, 0.15) is 30.0 Å². The van der Waals surface area contributed by atoms with Crippen molar-refractivity contribution in [3.8, 4) is 0 Å². The largest absolute Gasteiger partial charge is 0.384 e. The van der Waals surface area contributed by atoms with Crippen LogP contribution in [0.2, 0.25) is 0 Å². The van der Waals surface area contributed by atoms with E-state index in [1.807, 2.05) is 0 Å². The van der Waals surface area contributed by atoms with Gasteiger partial charge in [0.2, 0.25) is 11.8 Å². The van der Waals surface area contributed by atoms with Gasteiger partial charge in [0.25, 0.3) is 0 Å². The number of amidine groups is 1. The van der Waals surface area contributed by atoms with Gasteiger partial charge in [-0.05, 0) is 25.5 Å². The van der Waals surface area contributed by atoms with E-state index < -0.39 is 17.8 Å². The zero-order valence-corrected chi connectivity index (χ0v) is 13.3. The van der Waals surface area contributed by atoms with Gasteiger partial charge in [0.05, 0.1) is 17.9 Å². The number of benzene rings is 1. The summed E-state index contributed by atoms with van der Waals surface area (Å²) in [7, 11) is 1.51. The molecule has 0 aliphatic carbocycles. The average Bonchev–Trinajstić information content (AvgIpc) is 3.17. The number of halogens is 1. The molecule has 1 aromatic rings. The van der Waals surface area contributed by atoms with Gasteiger partial charge in [0.1, 0.15) is 11.7 Å². The summed E-state index contributed by atoms with van der Waals surface area (Å²) in [5, 5.41) is 7.43. The molecule has 0 unspecified atom stereocenters. The SMILES string of the molecule is CN1C(=O)[C@@H]2[C@H](C1=O)[C@H]1CCCN1[C@@H]2c1ccc(C(=N)N)cc1F. The Kier molecular flexibility index (Phi) is 3.25. The first-order chi connectivity index (χ1) is 11.4. The lowest BCUT2D eigenvalue weighted by Crippen LogP contribution is -2.37. The lowest BCUT2D eigenvalue weighted by Gasteiger charge is -2.28. The molecule has 1 aromatic carbocycles. The first kappa shape index (κ1) is 15.3. The fourth-order valence-corrected chi connectivity index (χ4v) is 4.66. The van der Waals surface area contributed by atoms with Crippen LogP contribution in [0, 0.1) is 23.1 Å². The molecule has 126 valence electrons. The lowest BCUT2D eigenvalue weighted by molar-refractivity contribution is -0.139. The minimum absolute atomic E-state index is 0.00767. The first-order valence-corrected chi connectivity index (χ1v) is 8.13. The second kappa shape index (κ2) is 5.11. The van der Waals surface area contributed by atoms with E-state index in [4.69, 9.17) is 11.1 Å². The topological polar surface area (TPSA) is 90.5 Å². The summed E-state index contributed by atoms with van der Waals surface area (Å²) < 4.78 is 14.7. The Labute approximate surface area is 138 Å². The van der Waals surface area contributed by atoms with Crippen LogP contribution in [0.3, 0.4) is 0 Å². The minimum atomic E-state index is -0.523. The molecule has 4 rings (SSSR count). The van der Waals surface area contributed by atoms with Gasteiger partial charge >= 0.3 is 0 Å². The fourth-order valence-electron chi connectivity index (χ4n) is 4.66. The van der Waals surface area contributed by atoms with Gasteiger partial charge in [-0.1, -0.05) is 12.1 Å². The number of likely N-dealkylation sites (tertiary alicyclic amines) is 1. The normalized spacial score (nSPS) is 32.3. The Balaban J connectivity index is 1.81. The maximum Gasteiger partial charge on any atom is 0.234 e. The standard InChI is InChI=1S/C17H19FN4O2/c1-21-16(23)12-11-3-2-6-22(11)14(13(12)17(21)24)9-5-4-8(15(19)20)7-10(9)18/h4-5,7,11-14H,2-3,6H2,1H3,(H3,19,20)/t11-,12-,13-,14-/m1/s1. The summed E-state index contributed by atoms with van der Waals surface area (Å²) in [6.45, 7) is 0.764. The highest BCUT2D eigenvalue weighted by Crippen LogP contribution is 2.53. The van der Waals surface area contributed by atoms with Crippen molar-refractivity contribution < 1.29 is 14.0 Å². The summed E-state index contributed by atoms with van der Waals surface area (Å²) in [6, 6.07) is 4.02. The summed E-state index contributed by atoms with van der Waals surface area (Å²) >= 11 is 0. The van der Waals surface area contributed by atoms with Crippen molar-refractivity contribution >= 4 is 17.6 Å². The number of hydrogen-bond acceptors (Lipinski definition) is 4. The maximum absolute atomic E-state index is 14.7. The van der Waals surface area contributed by atoms with Crippen molar-refractivity contribution in [1.29, 1.82) is 5.41 Å². The summed E-state index contributed by atoms with van der Waals surface area (Å²) in [5.74, 6) is -1.94. The molecular formula is C17H19FN4O2. The van der Waals surface area contributed by atoms with E-state index in [2.05, 4.69) is 4.90 Å². The Morgan fingerprint density at radius 2 is 2.00 bits per heavy atom. The van der Waals surface area contributed by atoms with Crippen LogP contribution in [-0.2, 0) is 9.59 Å². The van der Waals surface area contributed by atoms with Crippen LogP contribution in [0.15, 0.2) is 18.2 Å². The van der Waals surface area contributed by atoms with Gasteiger partial charge in [-0.25, -0.2) is 4.39 Å². The molecule has 7 heteroatoms. The van der Waals surface area contributed by atoms with Gasteiger partial charge in [0, 0.05) is 24.2 Å². The molecular weight excluding hydrogens is 311 g/mol. The van der Waals surface area contributed by atoms with Crippen molar-refractivity contribution in [2.45, 2.75) is 24.9 Å². The van der Waals surface area contributed by atoms with Gasteiger partial charge in [-0.15, -0.1) is 0 Å². The number of amides is 2. The Hall–Kier alpha value is -2.28. The van der Waals surface area contributed by atoms with E-state index in [1.165, 1.54) is 18.0 Å². The zero-order chi connectivity index (χ0) is 17.2. The second-order valence-corrected chi connectivity index (χ2v) is 6.83. The van der Waals surface area contributed by atoms with E-state index in [0.29, 0.717) is 11.1 Å². The smallest absolute Gasteiger partial charge is 0.234 e. The molecule has 3 heterocycles. The predicted molar refractivity (Wildman–Crippen MR) is 84.6 cm³/mol. The molecule has 0 bridgehead atoms. The van der Waals surface area contributed by atoms with Crippen LogP contribution in [0.5, 0.6) is 0 Å². The lowest BCUT2D eigenvalue weighted by atomic mass is 9.85. The summed E-state index contributed by atoms with van der Waals surface area (Å²) in [4.78, 5) is 28.4. The highest BCUT2D eigenvalue weighted by molar-refractivity contribution is 6.06. The third-order valence-corrected chi connectivity index (χ3v) is 5.70. The predicted octanol–water partition coefficient (Wildman–Crippen LogP) is 0.860. The molecule has 3 saturated heterocycles. The average molecular weight is 330 g/mol. The van der Waals surface area contributed by atoms with E-state index in [-0.39, 0.29) is 29.6 Å². The Morgan fingerprint density at radius 3 is 2.67 bits per heavy atom. The number of nitrogens with zero attached hydrogens (tertiary/aromatic N) is 2. The van der Waals surface area contributed by atoms with Crippen molar-refractivity contribution in [1.82, 2.24) is 9.80 Å². The molecule has 3 aliphatic rings. The number of rotatable bonds is 2. The first-order valence-electron chi connectivity index (χ1n) is 8.13. The van der Waals surface area contributed by atoms with E-state index >= 15 is 0 Å². The number of nitrogen functional groups attached to an aromatic ring is 1. The highest BCUT2D eigenvalue weighted by atomic mass is 19.1. The Bertz CT molecular complexity index is 765. The number of fused-ring (bicyclic) bond motifs is 3. The zero-order valence-electron chi connectivity index (χ0n) is 13.3. The summed E-state index contributed by atoms with van der Waals surface area (Å²) in [5.41, 5.74) is 6.14. The molecule has 4 atom stereocenters. The van der Waals surface area contributed by atoms with E-state index in [0.717, 1.165) is 19.4 Å². The molecule has 24 heavy (non-hydrogen) atoms. The van der Waals surface area contributed by atoms with Crippen molar-refractivity contribution in [3.05, 3.63) is 35.1 Å². The van der Waals surface area contributed by atoms with Crippen molar-refractivity contribution in [3.63, 3.8) is 0 Å². The van der Waals surface area contributed by atoms with Crippen LogP contribution in [-0.4, -0.2) is 47.1 Å². The molecule has 0 spiro atoms. The maximum atomic E-state index is 14.7. The molecule has 0 saturated carbocycles. The molecule has 6 nitrogen and oxygen atoms in total. The monoisotopic (exact) mass is 330 g/mol. The quantitative estimate of drug-likeness (QED) is 0.478. The number of imide groups is 1. The molecule has 3 fully saturated rings. The third kappa shape index (κ3) is 1.87. The van der Waals surface area contributed by atoms with Crippen LogP contribution >= 0.6 is 0 Å². The van der Waals surface area contributed by atoms with Crippen LogP contribution < -0.4 is 5.73 Å².